The molecule has 0 aliphatic carbocycles. The van der Waals surface area contributed by atoms with E-state index in [9.17, 15) is 4.79 Å². The maximum atomic E-state index is 12.1. The first-order valence-corrected chi connectivity index (χ1v) is 5.86. The average Bonchev–Trinajstić information content (AvgIpc) is 2.36. The van der Waals surface area contributed by atoms with Gasteiger partial charge in [0.15, 0.2) is 0 Å². The third kappa shape index (κ3) is 3.63. The number of carbonyl (C=O) groups is 1. The molecular formula is C14H19NO2. The molecule has 1 amide bonds. The van der Waals surface area contributed by atoms with E-state index in [1.165, 1.54) is 0 Å². The van der Waals surface area contributed by atoms with Crippen molar-refractivity contribution in [3.05, 3.63) is 42.5 Å². The summed E-state index contributed by atoms with van der Waals surface area (Å²) in [6.45, 7) is 9.36. The van der Waals surface area contributed by atoms with Crippen LogP contribution in [-0.4, -0.2) is 30.5 Å². The van der Waals surface area contributed by atoms with E-state index in [0.29, 0.717) is 25.3 Å². The van der Waals surface area contributed by atoms with Crippen molar-refractivity contribution in [1.29, 1.82) is 0 Å². The molecule has 0 aliphatic heterocycles. The minimum Gasteiger partial charge on any atom is -0.494 e. The molecule has 0 spiro atoms. The lowest BCUT2D eigenvalue weighted by Gasteiger charge is -2.19. The third-order valence-electron chi connectivity index (χ3n) is 2.41. The Morgan fingerprint density at radius 2 is 2.24 bits per heavy atom. The van der Waals surface area contributed by atoms with Gasteiger partial charge in [0, 0.05) is 18.7 Å². The van der Waals surface area contributed by atoms with E-state index < -0.39 is 0 Å². The van der Waals surface area contributed by atoms with Gasteiger partial charge in [0.25, 0.3) is 5.91 Å². The fourth-order valence-electron chi connectivity index (χ4n) is 1.58. The Morgan fingerprint density at radius 3 is 2.82 bits per heavy atom. The molecule has 1 aromatic rings. The molecule has 0 radical (unpaired) electrons. The van der Waals surface area contributed by atoms with Crippen LogP contribution in [-0.2, 0) is 0 Å². The van der Waals surface area contributed by atoms with Crippen LogP contribution in [0, 0.1) is 0 Å². The van der Waals surface area contributed by atoms with Gasteiger partial charge < -0.3 is 9.64 Å². The first-order chi connectivity index (χ1) is 8.22. The van der Waals surface area contributed by atoms with E-state index in [1.54, 1.807) is 23.1 Å². The SMILES string of the molecule is C=CCN(CC)C(=O)c1cccc(OCC)c1. The van der Waals surface area contributed by atoms with Gasteiger partial charge in [-0.3, -0.25) is 4.79 Å². The van der Waals surface area contributed by atoms with Gasteiger partial charge >= 0.3 is 0 Å². The Balaban J connectivity index is 2.86. The lowest BCUT2D eigenvalue weighted by molar-refractivity contribution is 0.0781. The summed E-state index contributed by atoms with van der Waals surface area (Å²) in [5.74, 6) is 0.738. The van der Waals surface area contributed by atoms with Crippen LogP contribution in [0.5, 0.6) is 5.75 Å². The first-order valence-electron chi connectivity index (χ1n) is 5.86. The van der Waals surface area contributed by atoms with Gasteiger partial charge in [-0.2, -0.15) is 0 Å². The number of amides is 1. The molecule has 0 bridgehead atoms. The van der Waals surface area contributed by atoms with Crippen molar-refractivity contribution in [2.45, 2.75) is 13.8 Å². The van der Waals surface area contributed by atoms with Gasteiger partial charge in [-0.05, 0) is 32.0 Å². The normalized spacial score (nSPS) is 9.76. The second-order valence-corrected chi connectivity index (χ2v) is 3.59. The van der Waals surface area contributed by atoms with Crippen LogP contribution in [0.4, 0.5) is 0 Å². The molecule has 0 heterocycles. The topological polar surface area (TPSA) is 29.5 Å². The van der Waals surface area contributed by atoms with Crippen molar-refractivity contribution >= 4 is 5.91 Å². The molecular weight excluding hydrogens is 214 g/mol. The van der Waals surface area contributed by atoms with Crippen LogP contribution in [0.25, 0.3) is 0 Å². The molecule has 92 valence electrons. The monoisotopic (exact) mass is 233 g/mol. The molecule has 0 saturated heterocycles. The highest BCUT2D eigenvalue weighted by molar-refractivity contribution is 5.94. The zero-order valence-electron chi connectivity index (χ0n) is 10.5. The minimum atomic E-state index is 0.00829. The van der Waals surface area contributed by atoms with Gasteiger partial charge in [0.05, 0.1) is 6.61 Å². The highest BCUT2D eigenvalue weighted by Gasteiger charge is 2.13. The maximum Gasteiger partial charge on any atom is 0.254 e. The van der Waals surface area contributed by atoms with Crippen molar-refractivity contribution in [3.63, 3.8) is 0 Å². The third-order valence-corrected chi connectivity index (χ3v) is 2.41. The van der Waals surface area contributed by atoms with Gasteiger partial charge in [-0.1, -0.05) is 12.1 Å². The minimum absolute atomic E-state index is 0.00829. The quantitative estimate of drug-likeness (QED) is 0.707. The summed E-state index contributed by atoms with van der Waals surface area (Å²) < 4.78 is 5.38. The molecule has 1 rings (SSSR count). The van der Waals surface area contributed by atoms with Crippen LogP contribution in [0.2, 0.25) is 0 Å². The molecule has 0 aromatic heterocycles. The van der Waals surface area contributed by atoms with Crippen LogP contribution in [0.1, 0.15) is 24.2 Å². The lowest BCUT2D eigenvalue weighted by atomic mass is 10.2. The van der Waals surface area contributed by atoms with E-state index in [0.717, 1.165) is 5.75 Å². The van der Waals surface area contributed by atoms with E-state index >= 15 is 0 Å². The van der Waals surface area contributed by atoms with E-state index in [4.69, 9.17) is 4.74 Å². The fraction of sp³-hybridized carbons (Fsp3) is 0.357. The largest absolute Gasteiger partial charge is 0.494 e. The molecule has 17 heavy (non-hydrogen) atoms. The summed E-state index contributed by atoms with van der Waals surface area (Å²) in [5.41, 5.74) is 0.652. The van der Waals surface area contributed by atoms with Crippen LogP contribution in [0.15, 0.2) is 36.9 Å². The highest BCUT2D eigenvalue weighted by Crippen LogP contribution is 2.15. The highest BCUT2D eigenvalue weighted by atomic mass is 16.5. The Hall–Kier alpha value is -1.77. The number of ether oxygens (including phenoxy) is 1. The number of likely N-dealkylation sites (N-methyl/N-ethyl adjacent to an activating group) is 1. The Bertz CT molecular complexity index is 388. The van der Waals surface area contributed by atoms with Crippen molar-refractivity contribution in [2.75, 3.05) is 19.7 Å². The van der Waals surface area contributed by atoms with E-state index in [2.05, 4.69) is 6.58 Å². The summed E-state index contributed by atoms with van der Waals surface area (Å²) in [4.78, 5) is 13.9. The molecule has 3 nitrogen and oxygen atoms in total. The summed E-state index contributed by atoms with van der Waals surface area (Å²) in [5, 5.41) is 0. The van der Waals surface area contributed by atoms with Crippen LogP contribution < -0.4 is 4.74 Å². The molecule has 0 aliphatic rings. The number of benzene rings is 1. The average molecular weight is 233 g/mol. The molecule has 0 N–H and O–H groups in total. The summed E-state index contributed by atoms with van der Waals surface area (Å²) in [6.07, 6.45) is 1.73. The van der Waals surface area contributed by atoms with Crippen LogP contribution in [0.3, 0.4) is 0 Å². The van der Waals surface area contributed by atoms with Gasteiger partial charge in [-0.25, -0.2) is 0 Å². The van der Waals surface area contributed by atoms with Gasteiger partial charge in [0.2, 0.25) is 0 Å². The summed E-state index contributed by atoms with van der Waals surface area (Å²) in [7, 11) is 0. The number of hydrogen-bond acceptors (Lipinski definition) is 2. The zero-order valence-corrected chi connectivity index (χ0v) is 10.5. The summed E-state index contributed by atoms with van der Waals surface area (Å²) >= 11 is 0. The number of rotatable bonds is 6. The predicted octanol–water partition coefficient (Wildman–Crippen LogP) is 2.73. The molecule has 1 aromatic carbocycles. The van der Waals surface area contributed by atoms with Crippen molar-refractivity contribution in [3.8, 4) is 5.75 Å². The molecule has 3 heteroatoms. The van der Waals surface area contributed by atoms with Crippen LogP contribution >= 0.6 is 0 Å². The Morgan fingerprint density at radius 1 is 1.47 bits per heavy atom. The first kappa shape index (κ1) is 13.3. The second-order valence-electron chi connectivity index (χ2n) is 3.59. The Kier molecular flexibility index (Phi) is 5.27. The van der Waals surface area contributed by atoms with E-state index in [-0.39, 0.29) is 5.91 Å². The standard InChI is InChI=1S/C14H19NO2/c1-4-10-15(5-2)14(16)12-8-7-9-13(11-12)17-6-3/h4,7-9,11H,1,5-6,10H2,2-3H3. The summed E-state index contributed by atoms with van der Waals surface area (Å²) in [6, 6.07) is 7.26. The lowest BCUT2D eigenvalue weighted by Crippen LogP contribution is -2.30. The molecule has 0 fully saturated rings. The predicted molar refractivity (Wildman–Crippen MR) is 69.4 cm³/mol. The number of carbonyl (C=O) groups excluding carboxylic acids is 1. The molecule has 0 atom stereocenters. The second kappa shape index (κ2) is 6.74. The zero-order chi connectivity index (χ0) is 12.7. The van der Waals surface area contributed by atoms with E-state index in [1.807, 2.05) is 26.0 Å². The Labute approximate surface area is 103 Å². The molecule has 0 unspecified atom stereocenters. The molecule has 0 saturated carbocycles. The van der Waals surface area contributed by atoms with Crippen molar-refractivity contribution in [2.24, 2.45) is 0 Å². The smallest absolute Gasteiger partial charge is 0.254 e. The van der Waals surface area contributed by atoms with Crippen molar-refractivity contribution < 1.29 is 9.53 Å². The van der Waals surface area contributed by atoms with Gasteiger partial charge in [-0.15, -0.1) is 6.58 Å². The fourth-order valence-corrected chi connectivity index (χ4v) is 1.58. The number of nitrogens with zero attached hydrogens (tertiary/aromatic N) is 1. The maximum absolute atomic E-state index is 12.1. The van der Waals surface area contributed by atoms with Gasteiger partial charge in [0.1, 0.15) is 5.75 Å². The van der Waals surface area contributed by atoms with Crippen molar-refractivity contribution in [1.82, 2.24) is 4.90 Å². The number of hydrogen-bond donors (Lipinski definition) is 0.